The molecule has 0 saturated carbocycles. The molecule has 0 spiro atoms. The average Bonchev–Trinajstić information content (AvgIpc) is 3.51. The molecule has 3 amide bonds. The van der Waals surface area contributed by atoms with Gasteiger partial charge in [0.1, 0.15) is 11.8 Å². The Morgan fingerprint density at radius 2 is 1.50 bits per heavy atom. The van der Waals surface area contributed by atoms with Gasteiger partial charge in [-0.2, -0.15) is 0 Å². The molecule has 1 aromatic heterocycles. The van der Waals surface area contributed by atoms with E-state index in [-0.39, 0.29) is 25.3 Å². The number of halogens is 2. The molecule has 2 atom stereocenters. The molecule has 0 aliphatic carbocycles. The van der Waals surface area contributed by atoms with Gasteiger partial charge in [-0.25, -0.2) is 0 Å². The maximum Gasteiger partial charge on any atom is 0.259 e. The highest BCUT2D eigenvalue weighted by molar-refractivity contribution is 7.12. The van der Waals surface area contributed by atoms with E-state index in [4.69, 9.17) is 39.4 Å². The van der Waals surface area contributed by atoms with Crippen LogP contribution in [0.3, 0.4) is 0 Å². The Balaban J connectivity index is 1.61. The summed E-state index contributed by atoms with van der Waals surface area (Å²) >= 11 is 13.5. The van der Waals surface area contributed by atoms with E-state index >= 15 is 0 Å². The molecule has 0 aliphatic rings. The lowest BCUT2D eigenvalue weighted by Gasteiger charge is -2.23. The van der Waals surface area contributed by atoms with Crippen LogP contribution in [0.25, 0.3) is 0 Å². The van der Waals surface area contributed by atoms with Gasteiger partial charge in [0.05, 0.1) is 27.4 Å². The largest absolute Gasteiger partial charge is 0.494 e. The molecule has 11 heteroatoms. The predicted octanol–water partition coefficient (Wildman–Crippen LogP) is 5.38. The standard InChI is InChI=1S/C33H34Cl2N4O4S/c1-2-43-24-10-7-20(8-11-24)15-26(25-13-14-44-30(25)31(37)40)32(41)39-29(17-23-9-12-27(34)28(35)16-23)33(42)38-19-22-5-3-21(18-36)4-6-22/h3-14,16,26,29H,2,15,17-19,36H2,1H3,(H2,37,40)(H,38,42)(H,39,41)/t26-,29+/m1/s1. The first-order valence-corrected chi connectivity index (χ1v) is 15.7. The molecule has 6 N–H and O–H groups in total. The average molecular weight is 654 g/mol. The van der Waals surface area contributed by atoms with Gasteiger partial charge in [0, 0.05) is 19.5 Å². The van der Waals surface area contributed by atoms with Gasteiger partial charge in [-0.15, -0.1) is 11.3 Å². The van der Waals surface area contributed by atoms with Crippen LogP contribution in [0, 0.1) is 0 Å². The van der Waals surface area contributed by atoms with Crippen LogP contribution in [-0.2, 0) is 35.5 Å². The Kier molecular flexibility index (Phi) is 11.8. The molecule has 3 aromatic carbocycles. The van der Waals surface area contributed by atoms with E-state index in [0.717, 1.165) is 16.7 Å². The summed E-state index contributed by atoms with van der Waals surface area (Å²) < 4.78 is 5.55. The van der Waals surface area contributed by atoms with Crippen LogP contribution in [-0.4, -0.2) is 30.4 Å². The van der Waals surface area contributed by atoms with Gasteiger partial charge in [-0.3, -0.25) is 14.4 Å². The van der Waals surface area contributed by atoms with E-state index in [2.05, 4.69) is 10.6 Å². The number of thiophene rings is 1. The second-order valence-electron chi connectivity index (χ2n) is 10.2. The zero-order chi connectivity index (χ0) is 31.6. The first-order valence-electron chi connectivity index (χ1n) is 14.1. The SMILES string of the molecule is CCOc1ccc(C[C@@H](C(=O)N[C@@H](Cc2ccc(Cl)c(Cl)c2)C(=O)NCc2ccc(CN)cc2)c2ccsc2C(N)=O)cc1. The molecular weight excluding hydrogens is 619 g/mol. The normalized spacial score (nSPS) is 12.3. The van der Waals surface area contributed by atoms with Gasteiger partial charge in [-0.1, -0.05) is 65.7 Å². The van der Waals surface area contributed by atoms with Crippen molar-refractivity contribution in [3.05, 3.63) is 121 Å². The Hall–Kier alpha value is -3.89. The van der Waals surface area contributed by atoms with Crippen molar-refractivity contribution >= 4 is 52.3 Å². The van der Waals surface area contributed by atoms with Gasteiger partial charge < -0.3 is 26.8 Å². The molecule has 0 saturated heterocycles. The summed E-state index contributed by atoms with van der Waals surface area (Å²) in [5.41, 5.74) is 15.3. The number of hydrogen-bond acceptors (Lipinski definition) is 6. The third kappa shape index (κ3) is 8.83. The summed E-state index contributed by atoms with van der Waals surface area (Å²) in [4.78, 5) is 40.2. The number of benzene rings is 3. The molecule has 4 rings (SSSR count). The lowest BCUT2D eigenvalue weighted by molar-refractivity contribution is -0.129. The number of ether oxygens (including phenoxy) is 1. The van der Waals surface area contributed by atoms with Crippen LogP contribution in [0.4, 0.5) is 0 Å². The zero-order valence-electron chi connectivity index (χ0n) is 24.1. The molecule has 44 heavy (non-hydrogen) atoms. The third-order valence-electron chi connectivity index (χ3n) is 7.07. The summed E-state index contributed by atoms with van der Waals surface area (Å²) in [6.07, 6.45) is 0.423. The number of rotatable bonds is 14. The second-order valence-corrected chi connectivity index (χ2v) is 11.9. The molecule has 0 unspecified atom stereocenters. The van der Waals surface area contributed by atoms with Crippen molar-refractivity contribution in [1.29, 1.82) is 0 Å². The molecule has 0 fully saturated rings. The highest BCUT2D eigenvalue weighted by Gasteiger charge is 2.30. The Bertz CT molecular complexity index is 1590. The molecule has 4 aromatic rings. The zero-order valence-corrected chi connectivity index (χ0v) is 26.5. The first-order chi connectivity index (χ1) is 21.2. The minimum Gasteiger partial charge on any atom is -0.494 e. The second kappa shape index (κ2) is 15.7. The molecule has 0 radical (unpaired) electrons. The fourth-order valence-electron chi connectivity index (χ4n) is 4.75. The number of carbonyl (C=O) groups excluding carboxylic acids is 3. The fourth-order valence-corrected chi connectivity index (χ4v) is 5.89. The van der Waals surface area contributed by atoms with E-state index < -0.39 is 23.8 Å². The third-order valence-corrected chi connectivity index (χ3v) is 8.75. The van der Waals surface area contributed by atoms with Crippen LogP contribution in [0.2, 0.25) is 10.0 Å². The van der Waals surface area contributed by atoms with Crippen LogP contribution < -0.4 is 26.8 Å². The van der Waals surface area contributed by atoms with Crippen molar-refractivity contribution in [1.82, 2.24) is 10.6 Å². The number of hydrogen-bond donors (Lipinski definition) is 4. The summed E-state index contributed by atoms with van der Waals surface area (Å²) in [5, 5.41) is 8.32. The number of nitrogens with one attached hydrogen (secondary N) is 2. The quantitative estimate of drug-likeness (QED) is 0.145. The van der Waals surface area contributed by atoms with E-state index in [1.165, 1.54) is 11.3 Å². The van der Waals surface area contributed by atoms with Crippen LogP contribution in [0.5, 0.6) is 5.75 Å². The molecule has 1 heterocycles. The Morgan fingerprint density at radius 1 is 0.841 bits per heavy atom. The lowest BCUT2D eigenvalue weighted by atomic mass is 9.90. The molecular formula is C33H34Cl2N4O4S. The van der Waals surface area contributed by atoms with Crippen molar-refractivity contribution in [2.75, 3.05) is 6.61 Å². The van der Waals surface area contributed by atoms with Crippen LogP contribution in [0.1, 0.15) is 50.3 Å². The molecule has 0 aliphatic heterocycles. The van der Waals surface area contributed by atoms with Crippen LogP contribution >= 0.6 is 34.5 Å². The fraction of sp³-hybridized carbons (Fsp3) is 0.242. The number of primary amides is 1. The van der Waals surface area contributed by atoms with Crippen molar-refractivity contribution in [2.45, 2.75) is 44.8 Å². The van der Waals surface area contributed by atoms with E-state index in [9.17, 15) is 14.4 Å². The summed E-state index contributed by atoms with van der Waals surface area (Å²) in [7, 11) is 0. The van der Waals surface area contributed by atoms with Crippen molar-refractivity contribution < 1.29 is 19.1 Å². The molecule has 0 bridgehead atoms. The highest BCUT2D eigenvalue weighted by Crippen LogP contribution is 2.30. The Labute approximate surface area is 270 Å². The van der Waals surface area contributed by atoms with Crippen LogP contribution in [0.15, 0.2) is 78.2 Å². The Morgan fingerprint density at radius 3 is 2.14 bits per heavy atom. The molecule has 230 valence electrons. The topological polar surface area (TPSA) is 137 Å². The number of nitrogens with two attached hydrogens (primary N) is 2. The van der Waals surface area contributed by atoms with Gasteiger partial charge in [0.25, 0.3) is 5.91 Å². The first kappa shape index (κ1) is 33.0. The van der Waals surface area contributed by atoms with Crippen molar-refractivity contribution in [2.24, 2.45) is 11.5 Å². The van der Waals surface area contributed by atoms with Gasteiger partial charge >= 0.3 is 0 Å². The van der Waals surface area contributed by atoms with Crippen molar-refractivity contribution in [3.63, 3.8) is 0 Å². The maximum atomic E-state index is 14.0. The minimum absolute atomic E-state index is 0.155. The van der Waals surface area contributed by atoms with E-state index in [1.54, 1.807) is 29.6 Å². The number of carbonyl (C=O) groups is 3. The van der Waals surface area contributed by atoms with E-state index in [1.807, 2.05) is 55.5 Å². The van der Waals surface area contributed by atoms with Gasteiger partial charge in [0.2, 0.25) is 11.8 Å². The smallest absolute Gasteiger partial charge is 0.259 e. The highest BCUT2D eigenvalue weighted by atomic mass is 35.5. The summed E-state index contributed by atoms with van der Waals surface area (Å²) in [6, 6.07) is 20.8. The minimum atomic E-state index is -0.957. The maximum absolute atomic E-state index is 14.0. The van der Waals surface area contributed by atoms with Crippen molar-refractivity contribution in [3.8, 4) is 5.75 Å². The summed E-state index contributed by atoms with van der Waals surface area (Å²) in [6.45, 7) is 3.11. The monoisotopic (exact) mass is 652 g/mol. The molecule has 8 nitrogen and oxygen atoms in total. The van der Waals surface area contributed by atoms with Gasteiger partial charge in [0.15, 0.2) is 0 Å². The predicted molar refractivity (Wildman–Crippen MR) is 175 cm³/mol. The summed E-state index contributed by atoms with van der Waals surface area (Å²) in [5.74, 6) is -1.51. The van der Waals surface area contributed by atoms with Gasteiger partial charge in [-0.05, 0) is 76.9 Å². The van der Waals surface area contributed by atoms with E-state index in [0.29, 0.717) is 45.0 Å². The number of amides is 3. The lowest BCUT2D eigenvalue weighted by Crippen LogP contribution is -2.49.